The number of amides is 1. The quantitative estimate of drug-likeness (QED) is 0.720. The molecule has 0 aliphatic heterocycles. The zero-order valence-electron chi connectivity index (χ0n) is 14.1. The number of hydrogen-bond acceptors (Lipinski definition) is 4. The maximum atomic E-state index is 11.9. The first kappa shape index (κ1) is 16.8. The van der Waals surface area contributed by atoms with Crippen LogP contribution in [0.2, 0.25) is 0 Å². The van der Waals surface area contributed by atoms with Crippen LogP contribution in [0.25, 0.3) is 10.9 Å². The molecule has 0 saturated heterocycles. The van der Waals surface area contributed by atoms with E-state index < -0.39 is 0 Å². The predicted octanol–water partition coefficient (Wildman–Crippen LogP) is 2.98. The van der Waals surface area contributed by atoms with Gasteiger partial charge in [0.15, 0.2) is 6.61 Å². The van der Waals surface area contributed by atoms with Crippen LogP contribution in [-0.2, 0) is 11.2 Å². The first-order chi connectivity index (χ1) is 12.2. The second kappa shape index (κ2) is 8.15. The second-order valence-corrected chi connectivity index (χ2v) is 5.59. The molecule has 5 nitrogen and oxygen atoms in total. The first-order valence-corrected chi connectivity index (χ1v) is 8.12. The average Bonchev–Trinajstić information content (AvgIpc) is 2.67. The molecule has 0 spiro atoms. The summed E-state index contributed by atoms with van der Waals surface area (Å²) in [4.78, 5) is 16.2. The maximum absolute atomic E-state index is 11.9. The lowest BCUT2D eigenvalue weighted by Crippen LogP contribution is -2.30. The van der Waals surface area contributed by atoms with Gasteiger partial charge in [0.1, 0.15) is 11.5 Å². The van der Waals surface area contributed by atoms with E-state index in [1.165, 1.54) is 0 Å². The number of fused-ring (bicyclic) bond motifs is 1. The van der Waals surface area contributed by atoms with Crippen molar-refractivity contribution in [3.63, 3.8) is 0 Å². The van der Waals surface area contributed by atoms with Crippen LogP contribution in [0.15, 0.2) is 60.8 Å². The summed E-state index contributed by atoms with van der Waals surface area (Å²) in [5.74, 6) is 1.34. The molecular formula is C20H20N2O3. The maximum Gasteiger partial charge on any atom is 0.257 e. The first-order valence-electron chi connectivity index (χ1n) is 8.12. The van der Waals surface area contributed by atoms with E-state index in [0.29, 0.717) is 12.3 Å². The fourth-order valence-electron chi connectivity index (χ4n) is 2.48. The summed E-state index contributed by atoms with van der Waals surface area (Å²) in [6, 6.07) is 17.2. The molecule has 3 rings (SSSR count). The van der Waals surface area contributed by atoms with Crippen LogP contribution in [0.5, 0.6) is 11.5 Å². The van der Waals surface area contributed by atoms with Crippen molar-refractivity contribution in [1.29, 1.82) is 0 Å². The number of rotatable bonds is 7. The van der Waals surface area contributed by atoms with Gasteiger partial charge in [-0.25, -0.2) is 0 Å². The molecule has 1 N–H and O–H groups in total. The van der Waals surface area contributed by atoms with Gasteiger partial charge in [0.05, 0.1) is 12.6 Å². The Morgan fingerprint density at radius 1 is 1.08 bits per heavy atom. The van der Waals surface area contributed by atoms with Crippen molar-refractivity contribution in [2.24, 2.45) is 0 Å². The number of methoxy groups -OCH3 is 1. The number of nitrogens with zero attached hydrogens (tertiary/aromatic N) is 1. The highest BCUT2D eigenvalue weighted by atomic mass is 16.5. The van der Waals surface area contributed by atoms with Gasteiger partial charge in [0.25, 0.3) is 5.91 Å². The van der Waals surface area contributed by atoms with Gasteiger partial charge in [-0.1, -0.05) is 18.2 Å². The van der Waals surface area contributed by atoms with Crippen LogP contribution in [0.1, 0.15) is 5.56 Å². The molecule has 0 aliphatic carbocycles. The number of pyridine rings is 1. The summed E-state index contributed by atoms with van der Waals surface area (Å²) in [5.41, 5.74) is 2.04. The van der Waals surface area contributed by atoms with E-state index in [2.05, 4.69) is 10.3 Å². The van der Waals surface area contributed by atoms with E-state index in [1.807, 2.05) is 54.6 Å². The number of benzene rings is 2. The molecule has 0 radical (unpaired) electrons. The normalized spacial score (nSPS) is 10.4. The van der Waals surface area contributed by atoms with Gasteiger partial charge >= 0.3 is 0 Å². The molecule has 25 heavy (non-hydrogen) atoms. The van der Waals surface area contributed by atoms with Crippen LogP contribution in [-0.4, -0.2) is 31.2 Å². The van der Waals surface area contributed by atoms with Crippen molar-refractivity contribution in [2.75, 3.05) is 20.3 Å². The molecule has 0 unspecified atom stereocenters. The van der Waals surface area contributed by atoms with Gasteiger partial charge in [-0.2, -0.15) is 0 Å². The smallest absolute Gasteiger partial charge is 0.257 e. The Hall–Kier alpha value is -3.08. The van der Waals surface area contributed by atoms with Crippen molar-refractivity contribution in [2.45, 2.75) is 6.42 Å². The monoisotopic (exact) mass is 336 g/mol. The van der Waals surface area contributed by atoms with Crippen molar-refractivity contribution < 1.29 is 14.3 Å². The van der Waals surface area contributed by atoms with E-state index in [4.69, 9.17) is 9.47 Å². The second-order valence-electron chi connectivity index (χ2n) is 5.59. The molecule has 0 saturated carbocycles. The minimum absolute atomic E-state index is 0.00557. The number of hydrogen-bond donors (Lipinski definition) is 1. The Bertz CT molecular complexity index is 847. The Balaban J connectivity index is 1.43. The lowest BCUT2D eigenvalue weighted by molar-refractivity contribution is -0.123. The Kier molecular flexibility index (Phi) is 5.46. The van der Waals surface area contributed by atoms with Gasteiger partial charge in [0.2, 0.25) is 0 Å². The summed E-state index contributed by atoms with van der Waals surface area (Å²) >= 11 is 0. The lowest BCUT2D eigenvalue weighted by atomic mass is 10.1. The zero-order chi connectivity index (χ0) is 17.5. The minimum Gasteiger partial charge on any atom is -0.497 e. The van der Waals surface area contributed by atoms with E-state index in [0.717, 1.165) is 28.6 Å². The minimum atomic E-state index is -0.139. The van der Waals surface area contributed by atoms with Gasteiger partial charge in [-0.3, -0.25) is 9.78 Å². The summed E-state index contributed by atoms with van der Waals surface area (Å²) in [7, 11) is 1.64. The van der Waals surface area contributed by atoms with Crippen LogP contribution in [0.3, 0.4) is 0 Å². The van der Waals surface area contributed by atoms with Crippen LogP contribution >= 0.6 is 0 Å². The van der Waals surface area contributed by atoms with E-state index in [9.17, 15) is 4.79 Å². The third-order valence-corrected chi connectivity index (χ3v) is 3.84. The Morgan fingerprint density at radius 2 is 1.88 bits per heavy atom. The van der Waals surface area contributed by atoms with Gasteiger partial charge in [-0.05, 0) is 48.4 Å². The Morgan fingerprint density at radius 3 is 2.68 bits per heavy atom. The zero-order valence-corrected chi connectivity index (χ0v) is 14.1. The molecule has 1 heterocycles. The fourth-order valence-corrected chi connectivity index (χ4v) is 2.48. The fraction of sp³-hybridized carbons (Fsp3) is 0.200. The number of carbonyl (C=O) groups excluding carboxylic acids is 1. The molecule has 5 heteroatoms. The molecule has 0 fully saturated rings. The summed E-state index contributed by atoms with van der Waals surface area (Å²) in [6.45, 7) is 0.560. The Labute approximate surface area is 146 Å². The molecule has 128 valence electrons. The van der Waals surface area contributed by atoms with Crippen molar-refractivity contribution >= 4 is 16.8 Å². The summed E-state index contributed by atoms with van der Waals surface area (Å²) in [6.07, 6.45) is 2.51. The molecule has 0 atom stereocenters. The largest absolute Gasteiger partial charge is 0.497 e. The van der Waals surface area contributed by atoms with E-state index in [1.54, 1.807) is 13.3 Å². The number of carbonyl (C=O) groups is 1. The molecule has 1 amide bonds. The van der Waals surface area contributed by atoms with E-state index in [-0.39, 0.29) is 12.5 Å². The van der Waals surface area contributed by atoms with Gasteiger partial charge in [0, 0.05) is 18.1 Å². The predicted molar refractivity (Wildman–Crippen MR) is 96.9 cm³/mol. The average molecular weight is 336 g/mol. The molecule has 3 aromatic rings. The SMILES string of the molecule is COc1ccc(CCNC(=O)COc2ccc3ncccc3c2)cc1. The number of aromatic nitrogens is 1. The highest BCUT2D eigenvalue weighted by molar-refractivity contribution is 5.80. The van der Waals surface area contributed by atoms with Crippen molar-refractivity contribution in [3.8, 4) is 11.5 Å². The van der Waals surface area contributed by atoms with Crippen LogP contribution in [0.4, 0.5) is 0 Å². The van der Waals surface area contributed by atoms with Crippen molar-refractivity contribution in [3.05, 3.63) is 66.4 Å². The highest BCUT2D eigenvalue weighted by Gasteiger charge is 2.04. The molecule has 0 aliphatic rings. The molecular weight excluding hydrogens is 316 g/mol. The van der Waals surface area contributed by atoms with Crippen LogP contribution < -0.4 is 14.8 Å². The molecule has 2 aromatic carbocycles. The van der Waals surface area contributed by atoms with Crippen molar-refractivity contribution in [1.82, 2.24) is 10.3 Å². The summed E-state index contributed by atoms with van der Waals surface area (Å²) < 4.78 is 10.7. The van der Waals surface area contributed by atoms with Gasteiger partial charge in [-0.15, -0.1) is 0 Å². The number of ether oxygens (including phenoxy) is 2. The molecule has 0 bridgehead atoms. The highest BCUT2D eigenvalue weighted by Crippen LogP contribution is 2.18. The topological polar surface area (TPSA) is 60.5 Å². The third kappa shape index (κ3) is 4.70. The molecule has 1 aromatic heterocycles. The van der Waals surface area contributed by atoms with Gasteiger partial charge < -0.3 is 14.8 Å². The van der Waals surface area contributed by atoms with E-state index >= 15 is 0 Å². The standard InChI is InChI=1S/C20H20N2O3/c1-24-17-6-4-15(5-7-17)10-12-22-20(23)14-25-18-8-9-19-16(13-18)3-2-11-21-19/h2-9,11,13H,10,12,14H2,1H3,(H,22,23). The van der Waals surface area contributed by atoms with Crippen LogP contribution in [0, 0.1) is 0 Å². The summed E-state index contributed by atoms with van der Waals surface area (Å²) in [5, 5.41) is 3.85. The third-order valence-electron chi connectivity index (χ3n) is 3.84. The number of nitrogens with one attached hydrogen (secondary N) is 1. The lowest BCUT2D eigenvalue weighted by Gasteiger charge is -2.08.